The summed E-state index contributed by atoms with van der Waals surface area (Å²) in [6.45, 7) is 1.62. The van der Waals surface area contributed by atoms with Gasteiger partial charge in [0.25, 0.3) is 5.56 Å². The minimum atomic E-state index is -0.395. The van der Waals surface area contributed by atoms with Crippen LogP contribution in [0.4, 0.5) is 0 Å². The van der Waals surface area contributed by atoms with Crippen LogP contribution in [-0.4, -0.2) is 15.6 Å². The van der Waals surface area contributed by atoms with Crippen molar-refractivity contribution in [1.29, 1.82) is 0 Å². The fourth-order valence-electron chi connectivity index (χ4n) is 0.583. The fourth-order valence-corrected chi connectivity index (χ4v) is 0.773. The maximum atomic E-state index is 10.6. The molecule has 0 saturated carbocycles. The van der Waals surface area contributed by atoms with Crippen molar-refractivity contribution in [3.63, 3.8) is 0 Å². The second kappa shape index (κ2) is 5.03. The van der Waals surface area contributed by atoms with Crippen LogP contribution in [-0.2, 0) is 0 Å². The number of aromatic nitrogens is 1. The molecule has 6 heteroatoms. The average Bonchev–Trinajstić information content (AvgIpc) is 1.82. The summed E-state index contributed by atoms with van der Waals surface area (Å²) in [4.78, 5) is 12.9. The van der Waals surface area contributed by atoms with Gasteiger partial charge in [-0.3, -0.25) is 4.79 Å². The SMILES string of the molecule is Cc1c(O)cc(=O)[nH]c1Cl.Cl.O. The van der Waals surface area contributed by atoms with E-state index < -0.39 is 5.56 Å². The van der Waals surface area contributed by atoms with E-state index in [-0.39, 0.29) is 28.8 Å². The minimum absolute atomic E-state index is 0. The topological polar surface area (TPSA) is 84.6 Å². The zero-order valence-corrected chi connectivity index (χ0v) is 7.79. The Morgan fingerprint density at radius 2 is 2.08 bits per heavy atom. The van der Waals surface area contributed by atoms with Crippen molar-refractivity contribution < 1.29 is 10.6 Å². The molecule has 1 rings (SSSR count). The standard InChI is InChI=1S/C6H6ClNO2.ClH.H2O/c1-3-4(9)2-5(10)8-6(3)7;;/h2H,1H3,(H2,8,9,10);1H;1H2. The van der Waals surface area contributed by atoms with Crippen molar-refractivity contribution in [2.75, 3.05) is 0 Å². The summed E-state index contributed by atoms with van der Waals surface area (Å²) in [5.41, 5.74) is 0.0920. The molecule has 0 atom stereocenters. The van der Waals surface area contributed by atoms with Gasteiger partial charge in [-0.25, -0.2) is 0 Å². The number of pyridine rings is 1. The molecule has 0 spiro atoms. The Kier molecular flexibility index (Phi) is 5.80. The monoisotopic (exact) mass is 213 g/mol. The van der Waals surface area contributed by atoms with Crippen LogP contribution in [0.2, 0.25) is 5.15 Å². The molecule has 0 aliphatic heterocycles. The van der Waals surface area contributed by atoms with Crippen molar-refractivity contribution in [2.45, 2.75) is 6.92 Å². The van der Waals surface area contributed by atoms with E-state index in [0.29, 0.717) is 5.56 Å². The third-order valence-electron chi connectivity index (χ3n) is 1.21. The Labute approximate surface area is 79.9 Å². The maximum absolute atomic E-state index is 10.6. The summed E-state index contributed by atoms with van der Waals surface area (Å²) in [6.07, 6.45) is 0. The van der Waals surface area contributed by atoms with Gasteiger partial charge in [0.1, 0.15) is 10.9 Å². The van der Waals surface area contributed by atoms with Gasteiger partial charge in [-0.2, -0.15) is 0 Å². The zero-order valence-electron chi connectivity index (χ0n) is 6.22. The molecule has 1 aromatic rings. The molecule has 0 aliphatic carbocycles. The number of aromatic amines is 1. The summed E-state index contributed by atoms with van der Waals surface area (Å²) >= 11 is 5.50. The molecule has 1 heterocycles. The largest absolute Gasteiger partial charge is 0.507 e. The Morgan fingerprint density at radius 3 is 2.50 bits per heavy atom. The lowest BCUT2D eigenvalue weighted by Crippen LogP contribution is -2.03. The highest BCUT2D eigenvalue weighted by molar-refractivity contribution is 6.30. The average molecular weight is 214 g/mol. The Hall–Kier alpha value is -0.710. The minimum Gasteiger partial charge on any atom is -0.507 e. The van der Waals surface area contributed by atoms with Crippen molar-refractivity contribution >= 4 is 24.0 Å². The van der Waals surface area contributed by atoms with Gasteiger partial charge in [-0.1, -0.05) is 11.6 Å². The highest BCUT2D eigenvalue weighted by Gasteiger charge is 2.00. The lowest BCUT2D eigenvalue weighted by Gasteiger charge is -1.97. The summed E-state index contributed by atoms with van der Waals surface area (Å²) < 4.78 is 0. The molecule has 0 aromatic carbocycles. The van der Waals surface area contributed by atoms with Gasteiger partial charge in [0.2, 0.25) is 0 Å². The van der Waals surface area contributed by atoms with Gasteiger partial charge in [-0.05, 0) is 6.92 Å². The van der Waals surface area contributed by atoms with Gasteiger partial charge in [0.15, 0.2) is 0 Å². The van der Waals surface area contributed by atoms with Crippen LogP contribution < -0.4 is 5.56 Å². The van der Waals surface area contributed by atoms with Crippen molar-refractivity contribution in [3.05, 3.63) is 27.1 Å². The molecule has 0 saturated heterocycles. The van der Waals surface area contributed by atoms with E-state index in [1.807, 2.05) is 0 Å². The first kappa shape index (κ1) is 13.9. The molecule has 1 aromatic heterocycles. The van der Waals surface area contributed by atoms with E-state index >= 15 is 0 Å². The number of H-pyrrole nitrogens is 1. The molecule has 0 bridgehead atoms. The van der Waals surface area contributed by atoms with Crippen molar-refractivity contribution in [3.8, 4) is 5.75 Å². The first-order valence-electron chi connectivity index (χ1n) is 2.69. The molecular formula is C6H9Cl2NO3. The second-order valence-corrected chi connectivity index (χ2v) is 2.34. The Morgan fingerprint density at radius 1 is 1.58 bits per heavy atom. The molecule has 70 valence electrons. The Bertz CT molecular complexity index is 284. The quantitative estimate of drug-likeness (QED) is 0.621. The van der Waals surface area contributed by atoms with Crippen LogP contribution in [0.25, 0.3) is 0 Å². The number of aromatic hydroxyl groups is 1. The predicted octanol–water partition coefficient (Wildman–Crippen LogP) is 0.639. The summed E-state index contributed by atoms with van der Waals surface area (Å²) in [7, 11) is 0. The second-order valence-electron chi connectivity index (χ2n) is 1.96. The molecular weight excluding hydrogens is 205 g/mol. The van der Waals surface area contributed by atoms with Gasteiger partial charge in [0.05, 0.1) is 0 Å². The van der Waals surface area contributed by atoms with Crippen LogP contribution in [0.3, 0.4) is 0 Å². The molecule has 4 nitrogen and oxygen atoms in total. The molecule has 0 unspecified atom stereocenters. The highest BCUT2D eigenvalue weighted by Crippen LogP contribution is 2.18. The van der Waals surface area contributed by atoms with Gasteiger partial charge in [0, 0.05) is 11.6 Å². The van der Waals surface area contributed by atoms with Crippen LogP contribution in [0.15, 0.2) is 10.9 Å². The van der Waals surface area contributed by atoms with E-state index in [0.717, 1.165) is 6.07 Å². The molecule has 0 amide bonds. The van der Waals surface area contributed by atoms with Gasteiger partial charge in [-0.15, -0.1) is 12.4 Å². The van der Waals surface area contributed by atoms with Gasteiger partial charge < -0.3 is 15.6 Å². The smallest absolute Gasteiger partial charge is 0.252 e. The molecule has 0 aliphatic rings. The summed E-state index contributed by atoms with van der Waals surface area (Å²) in [5.74, 6) is -0.0752. The summed E-state index contributed by atoms with van der Waals surface area (Å²) in [5, 5.41) is 9.16. The molecule has 0 radical (unpaired) electrons. The molecule has 12 heavy (non-hydrogen) atoms. The third-order valence-corrected chi connectivity index (χ3v) is 1.59. The maximum Gasteiger partial charge on any atom is 0.252 e. The molecule has 4 N–H and O–H groups in total. The van der Waals surface area contributed by atoms with Crippen LogP contribution in [0.1, 0.15) is 5.56 Å². The van der Waals surface area contributed by atoms with E-state index in [1.54, 1.807) is 6.92 Å². The van der Waals surface area contributed by atoms with E-state index in [4.69, 9.17) is 16.7 Å². The zero-order chi connectivity index (χ0) is 7.72. The van der Waals surface area contributed by atoms with E-state index in [9.17, 15) is 4.79 Å². The number of nitrogens with one attached hydrogen (secondary N) is 1. The first-order chi connectivity index (χ1) is 4.61. The highest BCUT2D eigenvalue weighted by atomic mass is 35.5. The lowest BCUT2D eigenvalue weighted by atomic mass is 10.3. The van der Waals surface area contributed by atoms with E-state index in [2.05, 4.69) is 4.98 Å². The van der Waals surface area contributed by atoms with Crippen LogP contribution >= 0.6 is 24.0 Å². The van der Waals surface area contributed by atoms with Crippen LogP contribution in [0.5, 0.6) is 5.75 Å². The lowest BCUT2D eigenvalue weighted by molar-refractivity contribution is 0.469. The third kappa shape index (κ3) is 2.73. The van der Waals surface area contributed by atoms with E-state index in [1.165, 1.54) is 0 Å². The number of rotatable bonds is 0. The van der Waals surface area contributed by atoms with Crippen molar-refractivity contribution in [2.24, 2.45) is 0 Å². The fraction of sp³-hybridized carbons (Fsp3) is 0.167. The number of hydrogen-bond donors (Lipinski definition) is 2. The number of hydrogen-bond acceptors (Lipinski definition) is 2. The van der Waals surface area contributed by atoms with Crippen LogP contribution in [0, 0.1) is 6.92 Å². The Balaban J connectivity index is 0. The van der Waals surface area contributed by atoms with Gasteiger partial charge >= 0.3 is 0 Å². The van der Waals surface area contributed by atoms with Crippen molar-refractivity contribution in [1.82, 2.24) is 4.98 Å². The normalized spacial score (nSPS) is 8.17. The number of halogens is 2. The molecule has 0 fully saturated rings. The predicted molar refractivity (Wildman–Crippen MR) is 49.3 cm³/mol. The summed E-state index contributed by atoms with van der Waals surface area (Å²) in [6, 6.07) is 1.08. The first-order valence-corrected chi connectivity index (χ1v) is 3.07.